The lowest BCUT2D eigenvalue weighted by molar-refractivity contribution is -0.128. The predicted octanol–water partition coefficient (Wildman–Crippen LogP) is 3.61. The SMILES string of the molecule is CCOc1ccccc1C1SCC(=O)N1CCc1ccc(O)cc1. The molecule has 1 unspecified atom stereocenters. The molecule has 4 nitrogen and oxygen atoms in total. The quantitative estimate of drug-likeness (QED) is 0.870. The molecular weight excluding hydrogens is 322 g/mol. The maximum atomic E-state index is 12.3. The Morgan fingerprint density at radius 3 is 2.71 bits per heavy atom. The number of phenolic OH excluding ortho intramolecular Hbond substituents is 1. The van der Waals surface area contributed by atoms with Crippen molar-refractivity contribution in [2.75, 3.05) is 18.9 Å². The molecule has 2 aromatic carbocycles. The molecule has 0 aromatic heterocycles. The van der Waals surface area contributed by atoms with Gasteiger partial charge in [0.15, 0.2) is 0 Å². The van der Waals surface area contributed by atoms with Gasteiger partial charge in [-0.1, -0.05) is 30.3 Å². The fourth-order valence-corrected chi connectivity index (χ4v) is 4.08. The highest BCUT2D eigenvalue weighted by molar-refractivity contribution is 8.00. The number of hydrogen-bond donors (Lipinski definition) is 1. The largest absolute Gasteiger partial charge is 0.508 e. The van der Waals surface area contributed by atoms with Crippen LogP contribution in [0.2, 0.25) is 0 Å². The van der Waals surface area contributed by atoms with Crippen molar-refractivity contribution in [2.45, 2.75) is 18.7 Å². The van der Waals surface area contributed by atoms with Gasteiger partial charge in [-0.2, -0.15) is 0 Å². The first kappa shape index (κ1) is 16.7. The average Bonchev–Trinajstić information content (AvgIpc) is 2.96. The number of para-hydroxylation sites is 1. The predicted molar refractivity (Wildman–Crippen MR) is 96.3 cm³/mol. The van der Waals surface area contributed by atoms with Crippen LogP contribution in [0.4, 0.5) is 0 Å². The molecule has 1 atom stereocenters. The van der Waals surface area contributed by atoms with Crippen molar-refractivity contribution < 1.29 is 14.6 Å². The van der Waals surface area contributed by atoms with Crippen molar-refractivity contribution in [3.8, 4) is 11.5 Å². The number of nitrogens with zero attached hydrogens (tertiary/aromatic N) is 1. The molecule has 0 spiro atoms. The van der Waals surface area contributed by atoms with Gasteiger partial charge in [0.1, 0.15) is 16.9 Å². The number of ether oxygens (including phenoxy) is 1. The molecule has 24 heavy (non-hydrogen) atoms. The number of benzene rings is 2. The molecule has 2 aromatic rings. The van der Waals surface area contributed by atoms with Crippen molar-refractivity contribution in [2.24, 2.45) is 0 Å². The van der Waals surface area contributed by atoms with E-state index < -0.39 is 0 Å². The highest BCUT2D eigenvalue weighted by atomic mass is 32.2. The highest BCUT2D eigenvalue weighted by Gasteiger charge is 2.34. The first-order valence-corrected chi connectivity index (χ1v) is 9.14. The van der Waals surface area contributed by atoms with E-state index in [-0.39, 0.29) is 17.0 Å². The molecule has 0 aliphatic carbocycles. The third-order valence-electron chi connectivity index (χ3n) is 4.03. The molecule has 1 aliphatic rings. The Morgan fingerprint density at radius 2 is 1.96 bits per heavy atom. The number of aromatic hydroxyl groups is 1. The molecule has 0 radical (unpaired) electrons. The molecule has 5 heteroatoms. The summed E-state index contributed by atoms with van der Waals surface area (Å²) < 4.78 is 5.73. The molecule has 126 valence electrons. The molecule has 1 heterocycles. The van der Waals surface area contributed by atoms with Gasteiger partial charge >= 0.3 is 0 Å². The van der Waals surface area contributed by atoms with Crippen molar-refractivity contribution in [1.82, 2.24) is 4.90 Å². The van der Waals surface area contributed by atoms with Crippen LogP contribution in [0.1, 0.15) is 23.4 Å². The van der Waals surface area contributed by atoms with Crippen LogP contribution in [-0.4, -0.2) is 34.8 Å². The Bertz CT molecular complexity index is 702. The van der Waals surface area contributed by atoms with E-state index in [0.29, 0.717) is 18.9 Å². The molecule has 1 aliphatic heterocycles. The summed E-state index contributed by atoms with van der Waals surface area (Å²) >= 11 is 1.65. The zero-order valence-corrected chi connectivity index (χ0v) is 14.5. The third kappa shape index (κ3) is 3.67. The number of carbonyl (C=O) groups is 1. The van der Waals surface area contributed by atoms with Gasteiger partial charge in [0, 0.05) is 12.1 Å². The Balaban J connectivity index is 1.76. The van der Waals surface area contributed by atoms with Crippen molar-refractivity contribution in [3.05, 3.63) is 59.7 Å². The van der Waals surface area contributed by atoms with Crippen LogP contribution in [0, 0.1) is 0 Å². The second-order valence-electron chi connectivity index (χ2n) is 5.64. The summed E-state index contributed by atoms with van der Waals surface area (Å²) in [6, 6.07) is 15.1. The van der Waals surface area contributed by atoms with Gasteiger partial charge in [0.05, 0.1) is 12.4 Å². The van der Waals surface area contributed by atoms with Gasteiger partial charge in [-0.05, 0) is 37.1 Å². The van der Waals surface area contributed by atoms with Gasteiger partial charge < -0.3 is 14.7 Å². The van der Waals surface area contributed by atoms with Crippen LogP contribution < -0.4 is 4.74 Å². The summed E-state index contributed by atoms with van der Waals surface area (Å²) in [5.74, 6) is 1.77. The zero-order chi connectivity index (χ0) is 16.9. The minimum absolute atomic E-state index is 0.00244. The van der Waals surface area contributed by atoms with Crippen LogP contribution in [0.15, 0.2) is 48.5 Å². The maximum absolute atomic E-state index is 12.3. The van der Waals surface area contributed by atoms with Crippen LogP contribution in [0.3, 0.4) is 0 Å². The van der Waals surface area contributed by atoms with Gasteiger partial charge in [0.25, 0.3) is 0 Å². The lowest BCUT2D eigenvalue weighted by Crippen LogP contribution is -2.30. The number of thioether (sulfide) groups is 1. The normalized spacial score (nSPS) is 17.3. The summed E-state index contributed by atoms with van der Waals surface area (Å²) in [6.45, 7) is 3.23. The molecule has 1 amide bonds. The average molecular weight is 343 g/mol. The minimum Gasteiger partial charge on any atom is -0.508 e. The Kier molecular flexibility index (Phi) is 5.30. The van der Waals surface area contributed by atoms with Gasteiger partial charge in [-0.25, -0.2) is 0 Å². The molecule has 0 saturated carbocycles. The molecule has 3 rings (SSSR count). The third-order valence-corrected chi connectivity index (χ3v) is 5.27. The first-order chi connectivity index (χ1) is 11.7. The van der Waals surface area contributed by atoms with E-state index in [4.69, 9.17) is 4.74 Å². The lowest BCUT2D eigenvalue weighted by atomic mass is 10.1. The molecular formula is C19H21NO3S. The monoisotopic (exact) mass is 343 g/mol. The molecule has 1 saturated heterocycles. The number of carbonyl (C=O) groups excluding carboxylic acids is 1. The van der Waals surface area contributed by atoms with Crippen LogP contribution in [0.5, 0.6) is 11.5 Å². The number of hydrogen-bond acceptors (Lipinski definition) is 4. The van der Waals surface area contributed by atoms with E-state index in [1.807, 2.05) is 48.2 Å². The summed E-state index contributed by atoms with van der Waals surface area (Å²) in [4.78, 5) is 14.3. The van der Waals surface area contributed by atoms with E-state index >= 15 is 0 Å². The molecule has 1 N–H and O–H groups in total. The second kappa shape index (κ2) is 7.62. The zero-order valence-electron chi connectivity index (χ0n) is 13.6. The van der Waals surface area contributed by atoms with Crippen molar-refractivity contribution in [3.63, 3.8) is 0 Å². The number of amides is 1. The fourth-order valence-electron chi connectivity index (χ4n) is 2.84. The molecule has 0 bridgehead atoms. The summed E-state index contributed by atoms with van der Waals surface area (Å²) in [6.07, 6.45) is 0.764. The molecule has 1 fully saturated rings. The Morgan fingerprint density at radius 1 is 1.21 bits per heavy atom. The van der Waals surface area contributed by atoms with Crippen molar-refractivity contribution in [1.29, 1.82) is 0 Å². The number of phenols is 1. The van der Waals surface area contributed by atoms with E-state index in [9.17, 15) is 9.90 Å². The standard InChI is InChI=1S/C19H21NO3S/c1-2-23-17-6-4-3-5-16(17)19-20(18(22)13-24-19)12-11-14-7-9-15(21)10-8-14/h3-10,19,21H,2,11-13H2,1H3. The van der Waals surface area contributed by atoms with Gasteiger partial charge in [-0.3, -0.25) is 4.79 Å². The Hall–Kier alpha value is -2.14. The highest BCUT2D eigenvalue weighted by Crippen LogP contribution is 2.42. The number of rotatable bonds is 6. The second-order valence-corrected chi connectivity index (χ2v) is 6.71. The minimum atomic E-state index is -0.00244. The smallest absolute Gasteiger partial charge is 0.233 e. The van der Waals surface area contributed by atoms with Gasteiger partial charge in [0.2, 0.25) is 5.91 Å². The van der Waals surface area contributed by atoms with Crippen LogP contribution in [-0.2, 0) is 11.2 Å². The lowest BCUT2D eigenvalue weighted by Gasteiger charge is -2.25. The maximum Gasteiger partial charge on any atom is 0.233 e. The Labute approximate surface area is 146 Å². The van der Waals surface area contributed by atoms with E-state index in [1.165, 1.54) is 0 Å². The summed E-state index contributed by atoms with van der Waals surface area (Å²) in [7, 11) is 0. The fraction of sp³-hybridized carbons (Fsp3) is 0.316. The topological polar surface area (TPSA) is 49.8 Å². The van der Waals surface area contributed by atoms with Crippen LogP contribution >= 0.6 is 11.8 Å². The van der Waals surface area contributed by atoms with E-state index in [0.717, 1.165) is 23.3 Å². The first-order valence-electron chi connectivity index (χ1n) is 8.09. The van der Waals surface area contributed by atoms with Crippen molar-refractivity contribution >= 4 is 17.7 Å². The van der Waals surface area contributed by atoms with E-state index in [2.05, 4.69) is 0 Å². The van der Waals surface area contributed by atoms with Gasteiger partial charge in [-0.15, -0.1) is 11.8 Å². The van der Waals surface area contributed by atoms with Crippen LogP contribution in [0.25, 0.3) is 0 Å². The van der Waals surface area contributed by atoms with E-state index in [1.54, 1.807) is 23.9 Å². The summed E-state index contributed by atoms with van der Waals surface area (Å²) in [5, 5.41) is 9.37. The summed E-state index contributed by atoms with van der Waals surface area (Å²) in [5.41, 5.74) is 2.16.